The molecule has 1 saturated carbocycles. The molecule has 2 rings (SSSR count). The van der Waals surface area contributed by atoms with Gasteiger partial charge in [-0.25, -0.2) is 0 Å². The number of halogens is 1. The highest BCUT2D eigenvalue weighted by molar-refractivity contribution is 6.04. The molecule has 1 N–H and O–H groups in total. The Kier molecular flexibility index (Phi) is 4.72. The zero-order valence-corrected chi connectivity index (χ0v) is 11.3. The quantitative estimate of drug-likeness (QED) is 0.839. The Morgan fingerprint density at radius 1 is 1.24 bits per heavy atom. The summed E-state index contributed by atoms with van der Waals surface area (Å²) < 4.78 is 0. The first-order valence-electron chi connectivity index (χ1n) is 5.99. The number of aryl methyl sites for hydroxylation is 1. The predicted molar refractivity (Wildman–Crippen MR) is 73.0 cm³/mol. The number of ketones is 1. The first kappa shape index (κ1) is 14.2. The minimum atomic E-state index is -0.299. The molecular weight excluding hydrogens is 234 g/mol. The summed E-state index contributed by atoms with van der Waals surface area (Å²) in [4.78, 5) is 12.6. The molecule has 0 amide bonds. The van der Waals surface area contributed by atoms with Gasteiger partial charge in [-0.1, -0.05) is 37.1 Å². The third-order valence-electron chi connectivity index (χ3n) is 3.76. The second-order valence-electron chi connectivity index (χ2n) is 4.68. The fraction of sp³-hybridized carbons (Fsp3) is 0.500. The van der Waals surface area contributed by atoms with Crippen molar-refractivity contribution in [3.63, 3.8) is 0 Å². The van der Waals surface area contributed by atoms with Crippen molar-refractivity contribution in [1.29, 1.82) is 0 Å². The van der Waals surface area contributed by atoms with Crippen molar-refractivity contribution >= 4 is 18.2 Å². The molecule has 17 heavy (non-hydrogen) atoms. The predicted octanol–water partition coefficient (Wildman–Crippen LogP) is 3.13. The van der Waals surface area contributed by atoms with Crippen LogP contribution in [0.1, 0.15) is 41.6 Å². The van der Waals surface area contributed by atoms with Crippen LogP contribution in [0.25, 0.3) is 0 Å². The molecule has 1 aliphatic rings. The zero-order valence-electron chi connectivity index (χ0n) is 10.5. The molecule has 94 valence electrons. The van der Waals surface area contributed by atoms with Crippen LogP contribution in [0.3, 0.4) is 0 Å². The number of carbonyl (C=O) groups excluding carboxylic acids is 1. The van der Waals surface area contributed by atoms with E-state index in [-0.39, 0.29) is 23.7 Å². The Morgan fingerprint density at radius 2 is 1.82 bits per heavy atom. The fourth-order valence-corrected chi connectivity index (χ4v) is 2.65. The van der Waals surface area contributed by atoms with Crippen molar-refractivity contribution in [2.45, 2.75) is 38.1 Å². The van der Waals surface area contributed by atoms with Gasteiger partial charge in [0.15, 0.2) is 5.78 Å². The van der Waals surface area contributed by atoms with Crippen molar-refractivity contribution in [3.8, 4) is 0 Å². The summed E-state index contributed by atoms with van der Waals surface area (Å²) in [7, 11) is 1.90. The molecule has 3 heteroatoms. The number of rotatable bonds is 3. The molecule has 0 radical (unpaired) electrons. The average molecular weight is 254 g/mol. The van der Waals surface area contributed by atoms with Crippen LogP contribution >= 0.6 is 12.4 Å². The molecule has 0 atom stereocenters. The molecule has 0 spiro atoms. The maximum atomic E-state index is 12.6. The molecule has 0 unspecified atom stereocenters. The second kappa shape index (κ2) is 5.65. The number of Topliss-reactive ketones (excluding diaryl/α,β-unsaturated/α-hetero) is 1. The Hall–Kier alpha value is -0.860. The monoisotopic (exact) mass is 253 g/mol. The summed E-state index contributed by atoms with van der Waals surface area (Å²) in [6.45, 7) is 2.01. The normalized spacial score (nSPS) is 17.5. The highest BCUT2D eigenvalue weighted by Gasteiger charge is 2.40. The molecule has 1 aromatic carbocycles. The standard InChI is InChI=1S/C14H19NO.ClH/c1-11-7-3-4-8-12(11)13(16)14(15-2)9-5-6-10-14;/h3-4,7-8,15H,5-6,9-10H2,1-2H3;1H. The Labute approximate surface area is 109 Å². The lowest BCUT2D eigenvalue weighted by atomic mass is 9.86. The first-order chi connectivity index (χ1) is 7.69. The third-order valence-corrected chi connectivity index (χ3v) is 3.76. The average Bonchev–Trinajstić information content (AvgIpc) is 2.78. The summed E-state index contributed by atoms with van der Waals surface area (Å²) in [5, 5.41) is 3.25. The van der Waals surface area contributed by atoms with E-state index in [2.05, 4.69) is 5.32 Å². The molecule has 0 heterocycles. The Morgan fingerprint density at radius 3 is 2.35 bits per heavy atom. The number of likely N-dealkylation sites (N-methyl/N-ethyl adjacent to an activating group) is 1. The smallest absolute Gasteiger partial charge is 0.183 e. The van der Waals surface area contributed by atoms with E-state index in [9.17, 15) is 4.79 Å². The SMILES string of the molecule is CNC1(C(=O)c2ccccc2C)CCCC1.Cl. The number of nitrogens with one attached hydrogen (secondary N) is 1. The lowest BCUT2D eigenvalue weighted by molar-refractivity contribution is 0.0862. The van der Waals surface area contributed by atoms with E-state index in [4.69, 9.17) is 0 Å². The van der Waals surface area contributed by atoms with Gasteiger partial charge in [0.25, 0.3) is 0 Å². The molecule has 1 fully saturated rings. The van der Waals surface area contributed by atoms with Gasteiger partial charge >= 0.3 is 0 Å². The van der Waals surface area contributed by atoms with Gasteiger partial charge in [-0.15, -0.1) is 12.4 Å². The summed E-state index contributed by atoms with van der Waals surface area (Å²) in [5.74, 6) is 0.269. The van der Waals surface area contributed by atoms with E-state index < -0.39 is 0 Å². The molecule has 0 saturated heterocycles. The first-order valence-corrected chi connectivity index (χ1v) is 5.99. The van der Waals surface area contributed by atoms with Gasteiger partial charge in [-0.3, -0.25) is 4.79 Å². The maximum absolute atomic E-state index is 12.6. The van der Waals surface area contributed by atoms with Gasteiger partial charge in [0.05, 0.1) is 5.54 Å². The van der Waals surface area contributed by atoms with E-state index in [0.717, 1.165) is 36.8 Å². The molecule has 0 bridgehead atoms. The fourth-order valence-electron chi connectivity index (χ4n) is 2.65. The molecule has 1 aliphatic carbocycles. The second-order valence-corrected chi connectivity index (χ2v) is 4.68. The summed E-state index contributed by atoms with van der Waals surface area (Å²) >= 11 is 0. The van der Waals surface area contributed by atoms with Crippen LogP contribution in [-0.4, -0.2) is 18.4 Å². The van der Waals surface area contributed by atoms with Crippen LogP contribution < -0.4 is 5.32 Å². The topological polar surface area (TPSA) is 29.1 Å². The lowest BCUT2D eigenvalue weighted by Gasteiger charge is -2.27. The van der Waals surface area contributed by atoms with Gasteiger partial charge in [-0.05, 0) is 32.4 Å². The van der Waals surface area contributed by atoms with Gasteiger partial charge in [0.2, 0.25) is 0 Å². The van der Waals surface area contributed by atoms with Crippen molar-refractivity contribution < 1.29 is 4.79 Å². The van der Waals surface area contributed by atoms with Gasteiger partial charge < -0.3 is 5.32 Å². The van der Waals surface area contributed by atoms with E-state index in [1.54, 1.807) is 0 Å². The van der Waals surface area contributed by atoms with Gasteiger partial charge in [0, 0.05) is 5.56 Å². The van der Waals surface area contributed by atoms with Crippen molar-refractivity contribution in [3.05, 3.63) is 35.4 Å². The largest absolute Gasteiger partial charge is 0.308 e. The Balaban J connectivity index is 0.00000144. The summed E-state index contributed by atoms with van der Waals surface area (Å²) in [6, 6.07) is 7.87. The molecule has 0 aliphatic heterocycles. The number of carbonyl (C=O) groups is 1. The Bertz CT molecular complexity index is 397. The molecular formula is C14H20ClNO. The molecule has 1 aromatic rings. The maximum Gasteiger partial charge on any atom is 0.183 e. The van der Waals surface area contributed by atoms with Crippen LogP contribution in [0.5, 0.6) is 0 Å². The minimum Gasteiger partial charge on any atom is -0.308 e. The van der Waals surface area contributed by atoms with Crippen molar-refractivity contribution in [1.82, 2.24) is 5.32 Å². The summed E-state index contributed by atoms with van der Waals surface area (Å²) in [6.07, 6.45) is 4.24. The van der Waals surface area contributed by atoms with Gasteiger partial charge in [0.1, 0.15) is 0 Å². The van der Waals surface area contributed by atoms with E-state index in [1.165, 1.54) is 0 Å². The highest BCUT2D eigenvalue weighted by Crippen LogP contribution is 2.33. The molecule has 0 aromatic heterocycles. The third kappa shape index (κ3) is 2.53. The van der Waals surface area contributed by atoms with Crippen LogP contribution in [-0.2, 0) is 0 Å². The van der Waals surface area contributed by atoms with Crippen molar-refractivity contribution in [2.75, 3.05) is 7.05 Å². The zero-order chi connectivity index (χ0) is 11.6. The van der Waals surface area contributed by atoms with E-state index in [1.807, 2.05) is 38.2 Å². The van der Waals surface area contributed by atoms with Crippen LogP contribution in [0.15, 0.2) is 24.3 Å². The minimum absolute atomic E-state index is 0. The number of benzene rings is 1. The van der Waals surface area contributed by atoms with Crippen molar-refractivity contribution in [2.24, 2.45) is 0 Å². The van der Waals surface area contributed by atoms with E-state index in [0.29, 0.717) is 0 Å². The van der Waals surface area contributed by atoms with E-state index >= 15 is 0 Å². The lowest BCUT2D eigenvalue weighted by Crippen LogP contribution is -2.48. The summed E-state index contributed by atoms with van der Waals surface area (Å²) in [5.41, 5.74) is 1.65. The number of hydrogen-bond acceptors (Lipinski definition) is 2. The van der Waals surface area contributed by atoms with Crippen LogP contribution in [0.2, 0.25) is 0 Å². The number of hydrogen-bond donors (Lipinski definition) is 1. The molecule has 2 nitrogen and oxygen atoms in total. The van der Waals surface area contributed by atoms with Crippen LogP contribution in [0.4, 0.5) is 0 Å². The van der Waals surface area contributed by atoms with Gasteiger partial charge in [-0.2, -0.15) is 0 Å². The highest BCUT2D eigenvalue weighted by atomic mass is 35.5. The van der Waals surface area contributed by atoms with Crippen LogP contribution in [0, 0.1) is 6.92 Å².